The van der Waals surface area contributed by atoms with E-state index in [1.54, 1.807) is 0 Å². The Balaban J connectivity index is 1.68. The van der Waals surface area contributed by atoms with Crippen molar-refractivity contribution in [2.45, 2.75) is 31.6 Å². The highest BCUT2D eigenvalue weighted by atomic mass is 35.5. The quantitative estimate of drug-likeness (QED) is 0.905. The minimum Gasteiger partial charge on any atom is -0.395 e. The van der Waals surface area contributed by atoms with Gasteiger partial charge in [0.05, 0.1) is 13.0 Å². The number of benzene rings is 2. The normalized spacial score (nSPS) is 16.7. The van der Waals surface area contributed by atoms with E-state index in [1.807, 2.05) is 48.2 Å². The van der Waals surface area contributed by atoms with Gasteiger partial charge in [0.1, 0.15) is 0 Å². The zero-order chi connectivity index (χ0) is 17.9. The zero-order valence-corrected chi connectivity index (χ0v) is 15.3. The molecule has 4 heteroatoms. The van der Waals surface area contributed by atoms with E-state index in [0.29, 0.717) is 24.5 Å². The van der Waals surface area contributed by atoms with Gasteiger partial charge in [-0.05, 0) is 42.5 Å². The Kier molecular flexibility index (Phi) is 5.45. The Morgan fingerprint density at radius 1 is 1.12 bits per heavy atom. The van der Waals surface area contributed by atoms with Crippen molar-refractivity contribution in [3.8, 4) is 0 Å². The third kappa shape index (κ3) is 3.73. The molecular weight excluding hydrogens is 334 g/mol. The van der Waals surface area contributed by atoms with Crippen LogP contribution in [0.1, 0.15) is 29.5 Å². The number of aryl methyl sites for hydroxylation is 1. The molecule has 2 aromatic carbocycles. The van der Waals surface area contributed by atoms with Crippen LogP contribution >= 0.6 is 11.6 Å². The number of halogens is 1. The highest BCUT2D eigenvalue weighted by Crippen LogP contribution is 2.35. The molecule has 0 aromatic heterocycles. The van der Waals surface area contributed by atoms with Crippen LogP contribution in [0.3, 0.4) is 0 Å². The monoisotopic (exact) mass is 357 g/mol. The summed E-state index contributed by atoms with van der Waals surface area (Å²) in [4.78, 5) is 14.6. The van der Waals surface area contributed by atoms with Crippen molar-refractivity contribution in [3.05, 3.63) is 70.2 Å². The van der Waals surface area contributed by atoms with Crippen molar-refractivity contribution < 1.29 is 9.90 Å². The third-order valence-corrected chi connectivity index (χ3v) is 5.80. The first-order chi connectivity index (χ1) is 12.1. The van der Waals surface area contributed by atoms with Gasteiger partial charge in [-0.3, -0.25) is 4.79 Å². The van der Waals surface area contributed by atoms with Crippen molar-refractivity contribution in [2.24, 2.45) is 0 Å². The highest BCUT2D eigenvalue weighted by molar-refractivity contribution is 6.31. The van der Waals surface area contributed by atoms with Crippen LogP contribution in [0.5, 0.6) is 0 Å². The molecule has 1 aliphatic heterocycles. The lowest BCUT2D eigenvalue weighted by molar-refractivity contribution is -0.132. The van der Waals surface area contributed by atoms with Crippen LogP contribution in [0, 0.1) is 6.92 Å². The number of aliphatic hydroxyl groups is 1. The minimum absolute atomic E-state index is 0.107. The van der Waals surface area contributed by atoms with Crippen LogP contribution < -0.4 is 0 Å². The van der Waals surface area contributed by atoms with Crippen LogP contribution in [0.2, 0.25) is 5.02 Å². The average Bonchev–Trinajstić information content (AvgIpc) is 2.65. The number of hydrogen-bond donors (Lipinski definition) is 1. The maximum Gasteiger partial charge on any atom is 0.227 e. The number of carbonyl (C=O) groups excluding carboxylic acids is 1. The van der Waals surface area contributed by atoms with Gasteiger partial charge >= 0.3 is 0 Å². The number of piperidine rings is 1. The first kappa shape index (κ1) is 18.0. The smallest absolute Gasteiger partial charge is 0.227 e. The first-order valence-electron chi connectivity index (χ1n) is 8.74. The third-order valence-electron chi connectivity index (χ3n) is 5.44. The lowest BCUT2D eigenvalue weighted by Gasteiger charge is -2.41. The summed E-state index contributed by atoms with van der Waals surface area (Å²) in [7, 11) is 0. The summed E-state index contributed by atoms with van der Waals surface area (Å²) in [6.07, 6.45) is 1.89. The SMILES string of the molecule is Cc1cccc(Cl)c1CC(=O)N1CCC(CO)(c2ccccc2)CC1. The Bertz CT molecular complexity index is 717. The molecule has 1 amide bonds. The molecule has 0 atom stereocenters. The van der Waals surface area contributed by atoms with Gasteiger partial charge in [-0.15, -0.1) is 0 Å². The van der Waals surface area contributed by atoms with Crippen molar-refractivity contribution in [1.29, 1.82) is 0 Å². The number of nitrogens with zero attached hydrogens (tertiary/aromatic N) is 1. The van der Waals surface area contributed by atoms with Gasteiger partial charge < -0.3 is 10.0 Å². The predicted octanol–water partition coefficient (Wildman–Crippen LogP) is 3.74. The molecule has 1 heterocycles. The molecule has 1 saturated heterocycles. The Morgan fingerprint density at radius 3 is 2.40 bits per heavy atom. The van der Waals surface area contributed by atoms with E-state index < -0.39 is 0 Å². The second-order valence-corrected chi connectivity index (χ2v) is 7.30. The molecule has 2 aromatic rings. The molecule has 0 unspecified atom stereocenters. The van der Waals surface area contributed by atoms with E-state index in [1.165, 1.54) is 0 Å². The van der Waals surface area contributed by atoms with Gasteiger partial charge in [0, 0.05) is 23.5 Å². The standard InChI is InChI=1S/C21H24ClNO2/c1-16-6-5-9-19(22)18(16)14-20(25)23-12-10-21(15-24,11-13-23)17-7-3-2-4-8-17/h2-9,24H,10-15H2,1H3. The number of likely N-dealkylation sites (tertiary alicyclic amines) is 1. The molecule has 132 valence electrons. The minimum atomic E-state index is -0.238. The number of hydrogen-bond acceptors (Lipinski definition) is 2. The molecule has 0 aliphatic carbocycles. The van der Waals surface area contributed by atoms with Gasteiger partial charge in [-0.2, -0.15) is 0 Å². The number of aliphatic hydroxyl groups excluding tert-OH is 1. The van der Waals surface area contributed by atoms with Crippen molar-refractivity contribution in [1.82, 2.24) is 4.90 Å². The number of carbonyl (C=O) groups is 1. The van der Waals surface area contributed by atoms with Gasteiger partial charge in [0.15, 0.2) is 0 Å². The van der Waals surface area contributed by atoms with Crippen molar-refractivity contribution in [2.75, 3.05) is 19.7 Å². The molecule has 0 spiro atoms. The molecule has 3 rings (SSSR count). The van der Waals surface area contributed by atoms with E-state index in [2.05, 4.69) is 12.1 Å². The van der Waals surface area contributed by atoms with Gasteiger partial charge in [-0.1, -0.05) is 54.1 Å². The summed E-state index contributed by atoms with van der Waals surface area (Å²) >= 11 is 6.26. The molecule has 3 nitrogen and oxygen atoms in total. The van der Waals surface area contributed by atoms with Crippen LogP contribution in [0.4, 0.5) is 0 Å². The lowest BCUT2D eigenvalue weighted by Crippen LogP contribution is -2.47. The van der Waals surface area contributed by atoms with Gasteiger partial charge in [0.25, 0.3) is 0 Å². The summed E-state index contributed by atoms with van der Waals surface area (Å²) in [5.41, 5.74) is 2.88. The number of amides is 1. The van der Waals surface area contributed by atoms with Crippen LogP contribution in [-0.4, -0.2) is 35.6 Å². The van der Waals surface area contributed by atoms with Crippen LogP contribution in [-0.2, 0) is 16.6 Å². The largest absolute Gasteiger partial charge is 0.395 e. The second kappa shape index (κ2) is 7.59. The molecule has 25 heavy (non-hydrogen) atoms. The Morgan fingerprint density at radius 2 is 1.80 bits per heavy atom. The molecule has 1 fully saturated rings. The summed E-state index contributed by atoms with van der Waals surface area (Å²) in [5.74, 6) is 0.107. The molecule has 0 bridgehead atoms. The Hall–Kier alpha value is -1.84. The molecule has 1 aliphatic rings. The molecular formula is C21H24ClNO2. The summed E-state index contributed by atoms with van der Waals surface area (Å²) < 4.78 is 0. The average molecular weight is 358 g/mol. The van der Waals surface area contributed by atoms with Crippen molar-refractivity contribution in [3.63, 3.8) is 0 Å². The van der Waals surface area contributed by atoms with E-state index in [0.717, 1.165) is 29.5 Å². The topological polar surface area (TPSA) is 40.5 Å². The van der Waals surface area contributed by atoms with E-state index >= 15 is 0 Å². The molecule has 1 N–H and O–H groups in total. The van der Waals surface area contributed by atoms with Crippen LogP contribution in [0.15, 0.2) is 48.5 Å². The fourth-order valence-corrected chi connectivity index (χ4v) is 3.96. The molecule has 0 saturated carbocycles. The maximum atomic E-state index is 12.7. The van der Waals surface area contributed by atoms with E-state index in [9.17, 15) is 9.90 Å². The highest BCUT2D eigenvalue weighted by Gasteiger charge is 2.36. The number of rotatable bonds is 4. The Labute approximate surface area is 154 Å². The first-order valence-corrected chi connectivity index (χ1v) is 9.12. The zero-order valence-electron chi connectivity index (χ0n) is 14.5. The lowest BCUT2D eigenvalue weighted by atomic mass is 9.73. The predicted molar refractivity (Wildman–Crippen MR) is 101 cm³/mol. The summed E-state index contributed by atoms with van der Waals surface area (Å²) in [5, 5.41) is 10.7. The molecule has 0 radical (unpaired) electrons. The van der Waals surface area contributed by atoms with E-state index in [4.69, 9.17) is 11.6 Å². The second-order valence-electron chi connectivity index (χ2n) is 6.90. The van der Waals surface area contributed by atoms with Crippen LogP contribution in [0.25, 0.3) is 0 Å². The fourth-order valence-electron chi connectivity index (χ4n) is 3.67. The maximum absolute atomic E-state index is 12.7. The van der Waals surface area contributed by atoms with E-state index in [-0.39, 0.29) is 17.9 Å². The summed E-state index contributed by atoms with van der Waals surface area (Å²) in [6.45, 7) is 3.43. The fraction of sp³-hybridized carbons (Fsp3) is 0.381. The van der Waals surface area contributed by atoms with Crippen molar-refractivity contribution >= 4 is 17.5 Å². The van der Waals surface area contributed by atoms with Gasteiger partial charge in [-0.25, -0.2) is 0 Å². The summed E-state index contributed by atoms with van der Waals surface area (Å²) in [6, 6.07) is 15.9. The van der Waals surface area contributed by atoms with Gasteiger partial charge in [0.2, 0.25) is 5.91 Å².